The number of thiol groups is 1. The second-order valence-corrected chi connectivity index (χ2v) is 7.38. The van der Waals surface area contributed by atoms with Crippen molar-refractivity contribution in [2.75, 3.05) is 0 Å². The van der Waals surface area contributed by atoms with E-state index in [-0.39, 0.29) is 39.4 Å². The van der Waals surface area contributed by atoms with Crippen molar-refractivity contribution in [3.05, 3.63) is 63.3 Å². The predicted molar refractivity (Wildman–Crippen MR) is 108 cm³/mol. The number of halogens is 4. The smallest absolute Gasteiger partial charge is 0.217 e. The van der Waals surface area contributed by atoms with Gasteiger partial charge in [-0.3, -0.25) is 9.59 Å². The molecule has 0 saturated carbocycles. The summed E-state index contributed by atoms with van der Waals surface area (Å²) in [5, 5.41) is 9.21. The molecular weight excluding hydrogens is 443 g/mol. The first-order valence-electron chi connectivity index (χ1n) is 8.19. The fraction of sp³-hybridized carbons (Fsp3) is 0. The summed E-state index contributed by atoms with van der Waals surface area (Å²) >= 11 is 3.81. The number of carbonyl (C=O) groups excluding carboxylic acids is 1. The first kappa shape index (κ1) is 20.4. The van der Waals surface area contributed by atoms with Gasteiger partial charge in [-0.2, -0.15) is 0 Å². The van der Waals surface area contributed by atoms with Crippen LogP contribution in [0.4, 0.5) is 17.6 Å². The zero-order valence-corrected chi connectivity index (χ0v) is 16.6. The highest BCUT2D eigenvalue weighted by atomic mass is 32.1. The number of fused-ring (bicyclic) bond motifs is 2. The molecule has 30 heavy (non-hydrogen) atoms. The molecule has 1 aliphatic carbocycles. The van der Waals surface area contributed by atoms with Crippen LogP contribution in [-0.4, -0.2) is 11.4 Å². The van der Waals surface area contributed by atoms with E-state index >= 15 is 4.39 Å². The molecule has 1 unspecified atom stereocenters. The first-order valence-corrected chi connectivity index (χ1v) is 9.21. The number of carbonyl (C=O) groups is 1. The molecule has 2 aromatic carbocycles. The zero-order valence-electron chi connectivity index (χ0n) is 14.6. The SMILES string of the molecule is O=Cc1c(P)c(F)c(S)c(F)c1-c1c2cc(F)c(=O)cc-2oc2cc(O)c(F)cc12. The second-order valence-electron chi connectivity index (χ2n) is 6.35. The minimum atomic E-state index is -1.25. The molecule has 1 aliphatic heterocycles. The Kier molecular flexibility index (Phi) is 4.83. The quantitative estimate of drug-likeness (QED) is 0.155. The molecule has 0 saturated heterocycles. The number of benzene rings is 3. The van der Waals surface area contributed by atoms with E-state index in [2.05, 4.69) is 12.6 Å². The van der Waals surface area contributed by atoms with Gasteiger partial charge in [-0.05, 0) is 12.1 Å². The summed E-state index contributed by atoms with van der Waals surface area (Å²) in [7, 11) is 1.96. The number of phenolic OH excluding ortho intramolecular Hbond substituents is 1. The Labute approximate surface area is 173 Å². The first-order chi connectivity index (χ1) is 14.1. The molecule has 0 amide bonds. The summed E-state index contributed by atoms with van der Waals surface area (Å²) < 4.78 is 63.2. The standard InChI is InChI=1S/C20H9F4O4PS/c21-9-1-6-13(3-11(9)26)28-14-4-12(27)10(22)2-7(14)15(6)16-8(5-25)19(29)18(24)20(30)17(16)23/h1-5,26,30H,29H2. The van der Waals surface area contributed by atoms with Crippen molar-refractivity contribution >= 4 is 44.4 Å². The highest BCUT2D eigenvalue weighted by Gasteiger charge is 2.28. The van der Waals surface area contributed by atoms with Crippen LogP contribution in [0.15, 0.2) is 38.4 Å². The van der Waals surface area contributed by atoms with Crippen LogP contribution in [0.25, 0.3) is 33.4 Å². The van der Waals surface area contributed by atoms with E-state index in [1.165, 1.54) is 0 Å². The van der Waals surface area contributed by atoms with E-state index in [4.69, 9.17) is 4.42 Å². The molecule has 0 radical (unpaired) electrons. The lowest BCUT2D eigenvalue weighted by atomic mass is 9.90. The highest BCUT2D eigenvalue weighted by molar-refractivity contribution is 7.80. The fourth-order valence-electron chi connectivity index (χ4n) is 3.25. The molecule has 1 heterocycles. The third-order valence-corrected chi connectivity index (χ3v) is 5.60. The largest absolute Gasteiger partial charge is 0.505 e. The van der Waals surface area contributed by atoms with Gasteiger partial charge in [0.2, 0.25) is 5.43 Å². The van der Waals surface area contributed by atoms with Gasteiger partial charge in [0.1, 0.15) is 23.0 Å². The Morgan fingerprint density at radius 3 is 2.37 bits per heavy atom. The van der Waals surface area contributed by atoms with Crippen molar-refractivity contribution in [2.45, 2.75) is 4.90 Å². The number of hydrogen-bond donors (Lipinski definition) is 2. The van der Waals surface area contributed by atoms with Gasteiger partial charge in [0.25, 0.3) is 0 Å². The third kappa shape index (κ3) is 2.88. The molecule has 0 fully saturated rings. The van der Waals surface area contributed by atoms with Crippen LogP contribution in [-0.2, 0) is 0 Å². The Hall–Kier alpha value is -2.90. The van der Waals surface area contributed by atoms with Crippen LogP contribution < -0.4 is 10.7 Å². The minimum Gasteiger partial charge on any atom is -0.505 e. The summed E-state index contributed by atoms with van der Waals surface area (Å²) in [6, 6.07) is 3.22. The Bertz CT molecular complexity index is 1420. The average molecular weight is 452 g/mol. The fourth-order valence-corrected chi connectivity index (χ4v) is 3.96. The van der Waals surface area contributed by atoms with E-state index in [0.29, 0.717) is 0 Å². The number of hydrogen-bond acceptors (Lipinski definition) is 5. The maximum absolute atomic E-state index is 15.2. The number of aromatic hydroxyl groups is 1. The predicted octanol–water partition coefficient (Wildman–Crippen LogP) is 4.43. The van der Waals surface area contributed by atoms with Crippen molar-refractivity contribution < 1.29 is 31.9 Å². The lowest BCUT2D eigenvalue weighted by Crippen LogP contribution is -2.14. The Balaban J connectivity index is 2.35. The van der Waals surface area contributed by atoms with E-state index < -0.39 is 50.5 Å². The zero-order chi connectivity index (χ0) is 21.9. The van der Waals surface area contributed by atoms with Crippen LogP contribution in [0, 0.1) is 23.3 Å². The summed E-state index contributed by atoms with van der Waals surface area (Å²) in [5.41, 5.74) is -2.55. The Morgan fingerprint density at radius 2 is 1.70 bits per heavy atom. The van der Waals surface area contributed by atoms with Crippen molar-refractivity contribution in [3.8, 4) is 28.2 Å². The Morgan fingerprint density at radius 1 is 1.00 bits per heavy atom. The van der Waals surface area contributed by atoms with E-state index in [1.807, 2.05) is 9.24 Å². The lowest BCUT2D eigenvalue weighted by Gasteiger charge is -2.19. The van der Waals surface area contributed by atoms with Gasteiger partial charge in [0.15, 0.2) is 23.7 Å². The number of phenols is 1. The van der Waals surface area contributed by atoms with Crippen LogP contribution in [0.1, 0.15) is 10.4 Å². The van der Waals surface area contributed by atoms with Crippen LogP contribution >= 0.6 is 21.9 Å². The van der Waals surface area contributed by atoms with Crippen LogP contribution in [0.3, 0.4) is 0 Å². The third-order valence-electron chi connectivity index (χ3n) is 4.64. The molecular formula is C20H9F4O4PS. The molecule has 2 aromatic rings. The van der Waals surface area contributed by atoms with Gasteiger partial charge in [0.05, 0.1) is 4.90 Å². The van der Waals surface area contributed by atoms with Crippen LogP contribution in [0.5, 0.6) is 5.75 Å². The highest BCUT2D eigenvalue weighted by Crippen LogP contribution is 2.44. The maximum Gasteiger partial charge on any atom is 0.217 e. The van der Waals surface area contributed by atoms with Gasteiger partial charge in [0, 0.05) is 45.1 Å². The summed E-state index contributed by atoms with van der Waals surface area (Å²) in [5.74, 6) is -5.67. The summed E-state index contributed by atoms with van der Waals surface area (Å²) in [6.45, 7) is 0. The molecule has 1 atom stereocenters. The molecule has 0 spiro atoms. The topological polar surface area (TPSA) is 67.5 Å². The van der Waals surface area contributed by atoms with Crippen molar-refractivity contribution in [2.24, 2.45) is 0 Å². The molecule has 10 heteroatoms. The van der Waals surface area contributed by atoms with E-state index in [0.717, 1.165) is 24.3 Å². The molecule has 152 valence electrons. The van der Waals surface area contributed by atoms with Gasteiger partial charge in [-0.15, -0.1) is 21.9 Å². The lowest BCUT2D eigenvalue weighted by molar-refractivity contribution is 0.112. The van der Waals surface area contributed by atoms with Crippen molar-refractivity contribution in [1.82, 2.24) is 0 Å². The van der Waals surface area contributed by atoms with Gasteiger partial charge >= 0.3 is 0 Å². The van der Waals surface area contributed by atoms with Crippen LogP contribution in [0.2, 0.25) is 0 Å². The molecule has 4 rings (SSSR count). The van der Waals surface area contributed by atoms with Gasteiger partial charge in [-0.25, -0.2) is 17.6 Å². The normalized spacial score (nSPS) is 11.4. The molecule has 2 aliphatic rings. The molecule has 4 nitrogen and oxygen atoms in total. The maximum atomic E-state index is 15.2. The monoisotopic (exact) mass is 452 g/mol. The second kappa shape index (κ2) is 7.11. The average Bonchev–Trinajstić information content (AvgIpc) is 2.70. The van der Waals surface area contributed by atoms with E-state index in [9.17, 15) is 27.9 Å². The molecule has 1 N–H and O–H groups in total. The van der Waals surface area contributed by atoms with Crippen molar-refractivity contribution in [1.29, 1.82) is 0 Å². The van der Waals surface area contributed by atoms with Gasteiger partial charge < -0.3 is 9.52 Å². The number of aldehydes is 1. The summed E-state index contributed by atoms with van der Waals surface area (Å²) in [6.07, 6.45) is 0.188. The van der Waals surface area contributed by atoms with Gasteiger partial charge in [-0.1, -0.05) is 0 Å². The molecule has 0 bridgehead atoms. The molecule has 0 aromatic heterocycles. The van der Waals surface area contributed by atoms with E-state index in [1.54, 1.807) is 0 Å². The van der Waals surface area contributed by atoms with Crippen molar-refractivity contribution in [3.63, 3.8) is 0 Å². The number of rotatable bonds is 2. The minimum absolute atomic E-state index is 0.151. The summed E-state index contributed by atoms with van der Waals surface area (Å²) in [4.78, 5) is 22.7.